The molecule has 0 atom stereocenters. The van der Waals surface area contributed by atoms with Crippen LogP contribution in [0.3, 0.4) is 0 Å². The van der Waals surface area contributed by atoms with Gasteiger partial charge in [-0.1, -0.05) is 43.6 Å². The van der Waals surface area contributed by atoms with E-state index in [1.807, 2.05) is 36.7 Å². The summed E-state index contributed by atoms with van der Waals surface area (Å²) in [5.41, 5.74) is 2.10. The minimum Gasteiger partial charge on any atom is -0.342 e. The van der Waals surface area contributed by atoms with Crippen molar-refractivity contribution in [2.75, 3.05) is 18.0 Å². The number of piperidine rings is 1. The molecule has 2 aromatic heterocycles. The minimum atomic E-state index is -0.00833. The van der Waals surface area contributed by atoms with Gasteiger partial charge in [-0.05, 0) is 24.3 Å². The van der Waals surface area contributed by atoms with Crippen molar-refractivity contribution in [2.24, 2.45) is 12.5 Å². The van der Waals surface area contributed by atoms with Crippen LogP contribution in [-0.4, -0.2) is 22.6 Å². The Kier molecular flexibility index (Phi) is 4.32. The monoisotopic (exact) mass is 387 g/mol. The lowest BCUT2D eigenvalue weighted by Gasteiger charge is -2.37. The first-order valence-corrected chi connectivity index (χ1v) is 10.1. The molecule has 3 heterocycles. The third-order valence-electron chi connectivity index (χ3n) is 5.36. The van der Waals surface area contributed by atoms with Crippen molar-refractivity contribution in [3.8, 4) is 11.1 Å². The number of hydrogen-bond acceptors (Lipinski definition) is 4. The van der Waals surface area contributed by atoms with Crippen LogP contribution in [0.25, 0.3) is 21.3 Å². The molecule has 3 aromatic rings. The third-order valence-corrected chi connectivity index (χ3v) is 6.56. The highest BCUT2D eigenvalue weighted by Crippen LogP contribution is 2.36. The van der Waals surface area contributed by atoms with Crippen molar-refractivity contribution < 1.29 is 0 Å². The molecule has 1 aliphatic rings. The Balaban J connectivity index is 1.82. The van der Waals surface area contributed by atoms with Crippen LogP contribution in [0.4, 0.5) is 5.95 Å². The fourth-order valence-corrected chi connectivity index (χ4v) is 4.70. The van der Waals surface area contributed by atoms with Gasteiger partial charge in [0.1, 0.15) is 4.83 Å². The molecule has 0 N–H and O–H groups in total. The number of fused-ring (bicyclic) bond motifs is 1. The average molecular weight is 388 g/mol. The number of halogens is 1. The number of hydrogen-bond donors (Lipinski definition) is 0. The minimum absolute atomic E-state index is 0.00833. The lowest BCUT2D eigenvalue weighted by molar-refractivity contribution is 0.277. The number of nitrogens with zero attached hydrogens (tertiary/aromatic N) is 3. The Labute approximate surface area is 162 Å². The van der Waals surface area contributed by atoms with Crippen molar-refractivity contribution in [3.05, 3.63) is 45.0 Å². The molecule has 0 saturated carbocycles. The molecular weight excluding hydrogens is 366 g/mol. The highest BCUT2D eigenvalue weighted by molar-refractivity contribution is 7.17. The molecule has 0 amide bonds. The van der Waals surface area contributed by atoms with Crippen molar-refractivity contribution in [2.45, 2.75) is 26.7 Å². The molecule has 0 bridgehead atoms. The van der Waals surface area contributed by atoms with E-state index in [9.17, 15) is 4.79 Å². The number of aromatic nitrogens is 2. The van der Waals surface area contributed by atoms with Gasteiger partial charge in [-0.2, -0.15) is 0 Å². The van der Waals surface area contributed by atoms with E-state index in [-0.39, 0.29) is 5.56 Å². The summed E-state index contributed by atoms with van der Waals surface area (Å²) >= 11 is 7.86. The Morgan fingerprint density at radius 2 is 1.85 bits per heavy atom. The number of thiophene rings is 1. The van der Waals surface area contributed by atoms with Crippen molar-refractivity contribution in [3.63, 3.8) is 0 Å². The normalized spacial score (nSPS) is 17.0. The summed E-state index contributed by atoms with van der Waals surface area (Å²) in [7, 11) is 1.82. The Bertz CT molecular complexity index is 1030. The average Bonchev–Trinajstić information content (AvgIpc) is 3.03. The predicted octanol–water partition coefficient (Wildman–Crippen LogP) is 4.94. The first-order chi connectivity index (χ1) is 12.4. The molecule has 1 aromatic carbocycles. The largest absolute Gasteiger partial charge is 0.342 e. The second-order valence-electron chi connectivity index (χ2n) is 7.74. The summed E-state index contributed by atoms with van der Waals surface area (Å²) in [5, 5.41) is 3.30. The van der Waals surface area contributed by atoms with E-state index in [0.717, 1.165) is 47.8 Å². The van der Waals surface area contributed by atoms with Crippen LogP contribution in [0.2, 0.25) is 5.02 Å². The Hall–Kier alpha value is -1.85. The van der Waals surface area contributed by atoms with E-state index in [2.05, 4.69) is 18.7 Å². The Morgan fingerprint density at radius 3 is 2.54 bits per heavy atom. The second-order valence-corrected chi connectivity index (χ2v) is 9.00. The van der Waals surface area contributed by atoms with Crippen LogP contribution >= 0.6 is 22.9 Å². The predicted molar refractivity (Wildman–Crippen MR) is 111 cm³/mol. The summed E-state index contributed by atoms with van der Waals surface area (Å²) in [6.07, 6.45) is 2.21. The maximum absolute atomic E-state index is 13.1. The van der Waals surface area contributed by atoms with Gasteiger partial charge in [-0.15, -0.1) is 11.3 Å². The SMILES string of the molecule is Cn1c(N2CCC(C)(C)CC2)nc2scc(-c3ccccc3Cl)c2c1=O. The van der Waals surface area contributed by atoms with Crippen LogP contribution in [-0.2, 0) is 7.05 Å². The lowest BCUT2D eigenvalue weighted by atomic mass is 9.83. The van der Waals surface area contributed by atoms with Crippen LogP contribution in [0.5, 0.6) is 0 Å². The third kappa shape index (κ3) is 2.93. The lowest BCUT2D eigenvalue weighted by Crippen LogP contribution is -2.40. The summed E-state index contributed by atoms with van der Waals surface area (Å²) < 4.78 is 1.69. The van der Waals surface area contributed by atoms with Crippen LogP contribution < -0.4 is 10.5 Å². The first-order valence-electron chi connectivity index (χ1n) is 8.85. The fraction of sp³-hybridized carbons (Fsp3) is 0.400. The van der Waals surface area contributed by atoms with Crippen molar-refractivity contribution in [1.29, 1.82) is 0 Å². The van der Waals surface area contributed by atoms with Crippen molar-refractivity contribution in [1.82, 2.24) is 9.55 Å². The van der Waals surface area contributed by atoms with Crippen LogP contribution in [0.1, 0.15) is 26.7 Å². The summed E-state index contributed by atoms with van der Waals surface area (Å²) in [6, 6.07) is 7.63. The molecule has 0 radical (unpaired) electrons. The van der Waals surface area contributed by atoms with Gasteiger partial charge < -0.3 is 4.90 Å². The molecule has 4 nitrogen and oxygen atoms in total. The second kappa shape index (κ2) is 6.39. The smallest absolute Gasteiger partial charge is 0.264 e. The van der Waals surface area contributed by atoms with E-state index < -0.39 is 0 Å². The number of anilines is 1. The van der Waals surface area contributed by atoms with Gasteiger partial charge in [0.15, 0.2) is 0 Å². The molecule has 136 valence electrons. The fourth-order valence-electron chi connectivity index (χ4n) is 3.53. The van der Waals surface area contributed by atoms with E-state index in [1.54, 1.807) is 4.57 Å². The standard InChI is InChI=1S/C20H22ClN3OS/c1-20(2)8-10-24(11-9-20)19-22-17-16(18(25)23(19)3)14(12-26-17)13-6-4-5-7-15(13)21/h4-7,12H,8-11H2,1-3H3. The van der Waals surface area contributed by atoms with Gasteiger partial charge in [0.25, 0.3) is 5.56 Å². The van der Waals surface area contributed by atoms with Gasteiger partial charge in [0.05, 0.1) is 5.39 Å². The van der Waals surface area contributed by atoms with Gasteiger partial charge in [-0.3, -0.25) is 9.36 Å². The summed E-state index contributed by atoms with van der Waals surface area (Å²) in [4.78, 5) is 21.0. The van der Waals surface area contributed by atoms with Crippen LogP contribution in [0, 0.1) is 5.41 Å². The molecule has 1 fully saturated rings. The van der Waals surface area contributed by atoms with Crippen LogP contribution in [0.15, 0.2) is 34.4 Å². The van der Waals surface area contributed by atoms with Crippen molar-refractivity contribution >= 4 is 39.1 Å². The van der Waals surface area contributed by atoms with E-state index in [0.29, 0.717) is 15.8 Å². The quantitative estimate of drug-likeness (QED) is 0.625. The molecule has 1 saturated heterocycles. The molecule has 26 heavy (non-hydrogen) atoms. The van der Waals surface area contributed by atoms with Gasteiger partial charge in [-0.25, -0.2) is 4.98 Å². The highest BCUT2D eigenvalue weighted by atomic mass is 35.5. The van der Waals surface area contributed by atoms with E-state index in [1.165, 1.54) is 11.3 Å². The molecule has 0 aliphatic carbocycles. The zero-order valence-corrected chi connectivity index (χ0v) is 16.8. The van der Waals surface area contributed by atoms with Gasteiger partial charge >= 0.3 is 0 Å². The Morgan fingerprint density at radius 1 is 1.15 bits per heavy atom. The summed E-state index contributed by atoms with van der Waals surface area (Å²) in [5.74, 6) is 0.769. The molecule has 0 spiro atoms. The zero-order valence-electron chi connectivity index (χ0n) is 15.3. The first kappa shape index (κ1) is 17.6. The topological polar surface area (TPSA) is 38.1 Å². The van der Waals surface area contributed by atoms with E-state index >= 15 is 0 Å². The maximum Gasteiger partial charge on any atom is 0.264 e. The molecule has 6 heteroatoms. The molecule has 0 unspecified atom stereocenters. The molecule has 1 aliphatic heterocycles. The molecular formula is C20H22ClN3OS. The number of rotatable bonds is 2. The highest BCUT2D eigenvalue weighted by Gasteiger charge is 2.28. The van der Waals surface area contributed by atoms with E-state index in [4.69, 9.17) is 16.6 Å². The van der Waals surface area contributed by atoms with Gasteiger partial charge in [0.2, 0.25) is 5.95 Å². The van der Waals surface area contributed by atoms with Gasteiger partial charge in [0, 0.05) is 41.7 Å². The molecule has 4 rings (SSSR count). The maximum atomic E-state index is 13.1. The number of benzene rings is 1. The summed E-state index contributed by atoms with van der Waals surface area (Å²) in [6.45, 7) is 6.47. The zero-order chi connectivity index (χ0) is 18.5.